The van der Waals surface area contributed by atoms with E-state index in [9.17, 15) is 9.59 Å². The van der Waals surface area contributed by atoms with Crippen LogP contribution in [0.3, 0.4) is 0 Å². The topological polar surface area (TPSA) is 108 Å². The maximum Gasteiger partial charge on any atom is 0.316 e. The average Bonchev–Trinajstić information content (AvgIpc) is 3.24. The van der Waals surface area contributed by atoms with Gasteiger partial charge in [-0.05, 0) is 12.5 Å². The number of aromatic nitrogens is 2. The lowest BCUT2D eigenvalue weighted by molar-refractivity contribution is 0.0272. The number of hydrogen-bond acceptors (Lipinski definition) is 8. The molecule has 150 valence electrons. The molecule has 1 aliphatic rings. The van der Waals surface area contributed by atoms with Gasteiger partial charge in [0.1, 0.15) is 12.4 Å². The Morgan fingerprint density at radius 1 is 1.17 bits per heavy atom. The van der Waals surface area contributed by atoms with Crippen molar-refractivity contribution < 1.29 is 23.2 Å². The van der Waals surface area contributed by atoms with Crippen LogP contribution >= 0.6 is 0 Å². The second kappa shape index (κ2) is 8.27. The van der Waals surface area contributed by atoms with Crippen LogP contribution in [0.15, 0.2) is 50.3 Å². The third kappa shape index (κ3) is 4.19. The summed E-state index contributed by atoms with van der Waals surface area (Å²) in [5.74, 6) is 0.614. The van der Waals surface area contributed by atoms with E-state index in [0.29, 0.717) is 43.5 Å². The fourth-order valence-corrected chi connectivity index (χ4v) is 2.91. The molecule has 1 saturated heterocycles. The summed E-state index contributed by atoms with van der Waals surface area (Å²) in [6.07, 6.45) is 1.34. The number of aryl methyl sites for hydroxylation is 1. The Labute approximate surface area is 165 Å². The van der Waals surface area contributed by atoms with Crippen LogP contribution in [0.4, 0.5) is 0 Å². The van der Waals surface area contributed by atoms with Crippen LogP contribution < -0.4 is 10.2 Å². The van der Waals surface area contributed by atoms with Gasteiger partial charge in [0.25, 0.3) is 0 Å². The minimum Gasteiger partial charge on any atom is -0.482 e. The summed E-state index contributed by atoms with van der Waals surface area (Å²) in [5, 5.41) is 3.90. The Balaban J connectivity index is 1.42. The van der Waals surface area contributed by atoms with E-state index in [1.165, 1.54) is 12.3 Å². The third-order valence-electron chi connectivity index (χ3n) is 4.51. The van der Waals surface area contributed by atoms with Crippen LogP contribution in [0, 0.1) is 6.92 Å². The van der Waals surface area contributed by atoms with Crippen LogP contribution in [0.25, 0.3) is 11.4 Å². The zero-order chi connectivity index (χ0) is 20.2. The lowest BCUT2D eigenvalue weighted by Gasteiger charge is -2.25. The number of ether oxygens (including phenoxy) is 2. The molecule has 3 aromatic rings. The zero-order valence-electron chi connectivity index (χ0n) is 15.8. The lowest BCUT2D eigenvalue weighted by Crippen LogP contribution is -2.40. The summed E-state index contributed by atoms with van der Waals surface area (Å²) < 4.78 is 21.1. The second-order valence-electron chi connectivity index (χ2n) is 6.48. The number of carbonyl (C=O) groups is 1. The number of hydrogen-bond donors (Lipinski definition) is 0. The van der Waals surface area contributed by atoms with E-state index >= 15 is 0 Å². The Hall–Kier alpha value is -3.46. The maximum absolute atomic E-state index is 12.4. The van der Waals surface area contributed by atoms with Gasteiger partial charge in [-0.25, -0.2) is 0 Å². The van der Waals surface area contributed by atoms with Gasteiger partial charge in [-0.15, -0.1) is 0 Å². The Morgan fingerprint density at radius 3 is 2.66 bits per heavy atom. The highest BCUT2D eigenvalue weighted by molar-refractivity contribution is 5.90. The Kier molecular flexibility index (Phi) is 5.39. The van der Waals surface area contributed by atoms with E-state index in [1.54, 1.807) is 24.0 Å². The molecule has 3 heterocycles. The molecule has 1 aromatic carbocycles. The van der Waals surface area contributed by atoms with Crippen molar-refractivity contribution in [2.45, 2.75) is 13.5 Å². The molecule has 0 aliphatic carbocycles. The second-order valence-corrected chi connectivity index (χ2v) is 6.48. The van der Waals surface area contributed by atoms with Gasteiger partial charge < -0.3 is 23.3 Å². The standard InChI is InChI=1S/C20H19N3O6/c1-13-17(16(24)6-9-27-13)28-12-14-2-4-15(5-3-14)18-21-19(29-22-18)20(25)23-7-10-26-11-8-23/h2-6,9H,7-8,10-12H2,1H3. The number of nitrogens with zero attached hydrogens (tertiary/aromatic N) is 3. The van der Waals surface area contributed by atoms with Crippen LogP contribution in [0.5, 0.6) is 5.75 Å². The van der Waals surface area contributed by atoms with E-state index in [-0.39, 0.29) is 29.6 Å². The van der Waals surface area contributed by atoms with Crippen LogP contribution in [-0.2, 0) is 11.3 Å². The van der Waals surface area contributed by atoms with Gasteiger partial charge in [0.2, 0.25) is 17.0 Å². The molecule has 9 nitrogen and oxygen atoms in total. The molecule has 0 radical (unpaired) electrons. The van der Waals surface area contributed by atoms with Crippen molar-refractivity contribution in [3.05, 3.63) is 64.0 Å². The first kappa shape index (κ1) is 18.9. The highest BCUT2D eigenvalue weighted by atomic mass is 16.5. The summed E-state index contributed by atoms with van der Waals surface area (Å²) >= 11 is 0. The average molecular weight is 397 g/mol. The summed E-state index contributed by atoms with van der Waals surface area (Å²) in [5.41, 5.74) is 1.33. The molecule has 0 bridgehead atoms. The van der Waals surface area contributed by atoms with Crippen molar-refractivity contribution >= 4 is 5.91 Å². The molecule has 9 heteroatoms. The van der Waals surface area contributed by atoms with Crippen molar-refractivity contribution in [2.24, 2.45) is 0 Å². The molecular formula is C20H19N3O6. The fourth-order valence-electron chi connectivity index (χ4n) is 2.91. The molecule has 0 atom stereocenters. The van der Waals surface area contributed by atoms with Gasteiger partial charge in [-0.1, -0.05) is 29.4 Å². The first-order valence-corrected chi connectivity index (χ1v) is 9.13. The van der Waals surface area contributed by atoms with Crippen LogP contribution in [-0.4, -0.2) is 47.3 Å². The predicted molar refractivity (Wildman–Crippen MR) is 101 cm³/mol. The lowest BCUT2D eigenvalue weighted by atomic mass is 10.1. The van der Waals surface area contributed by atoms with Crippen molar-refractivity contribution in [1.82, 2.24) is 15.0 Å². The van der Waals surface area contributed by atoms with Crippen molar-refractivity contribution in [3.8, 4) is 17.1 Å². The molecule has 29 heavy (non-hydrogen) atoms. The Bertz CT molecular complexity index is 1050. The number of benzene rings is 1. The molecule has 1 aliphatic heterocycles. The SMILES string of the molecule is Cc1occc(=O)c1OCc1ccc(-c2noc(C(=O)N3CCOCC3)n2)cc1. The third-order valence-corrected chi connectivity index (χ3v) is 4.51. The number of morpholine rings is 1. The van der Waals surface area contributed by atoms with Gasteiger partial charge in [-0.2, -0.15) is 4.98 Å². The summed E-state index contributed by atoms with van der Waals surface area (Å²) in [6.45, 7) is 3.89. The molecule has 0 saturated carbocycles. The molecule has 4 rings (SSSR count). The molecule has 2 aromatic heterocycles. The molecular weight excluding hydrogens is 378 g/mol. The van der Waals surface area contributed by atoms with Gasteiger partial charge in [-0.3, -0.25) is 9.59 Å². The summed E-state index contributed by atoms with van der Waals surface area (Å²) in [6, 6.07) is 8.57. The van der Waals surface area contributed by atoms with Gasteiger partial charge >= 0.3 is 11.8 Å². The molecule has 1 fully saturated rings. The minimum atomic E-state index is -0.297. The zero-order valence-corrected chi connectivity index (χ0v) is 15.8. The first-order valence-electron chi connectivity index (χ1n) is 9.13. The Morgan fingerprint density at radius 2 is 1.93 bits per heavy atom. The van der Waals surface area contributed by atoms with E-state index < -0.39 is 0 Å². The summed E-state index contributed by atoms with van der Waals surface area (Å²) in [7, 11) is 0. The van der Waals surface area contributed by atoms with Crippen LogP contribution in [0.2, 0.25) is 0 Å². The number of carbonyl (C=O) groups excluding carboxylic acids is 1. The number of rotatable bonds is 5. The predicted octanol–water partition coefficient (Wildman–Crippen LogP) is 2.05. The largest absolute Gasteiger partial charge is 0.482 e. The molecule has 0 spiro atoms. The van der Waals surface area contributed by atoms with Gasteiger partial charge in [0.05, 0.1) is 19.5 Å². The molecule has 1 amide bonds. The van der Waals surface area contributed by atoms with Crippen molar-refractivity contribution in [2.75, 3.05) is 26.3 Å². The maximum atomic E-state index is 12.4. The smallest absolute Gasteiger partial charge is 0.316 e. The normalized spacial score (nSPS) is 14.0. The van der Waals surface area contributed by atoms with E-state index in [1.807, 2.05) is 12.1 Å². The minimum absolute atomic E-state index is 0.0411. The quantitative estimate of drug-likeness (QED) is 0.644. The van der Waals surface area contributed by atoms with Crippen molar-refractivity contribution in [1.29, 1.82) is 0 Å². The van der Waals surface area contributed by atoms with Gasteiger partial charge in [0.15, 0.2) is 0 Å². The highest BCUT2D eigenvalue weighted by Gasteiger charge is 2.24. The molecule has 0 N–H and O–H groups in total. The van der Waals surface area contributed by atoms with E-state index in [2.05, 4.69) is 10.1 Å². The fraction of sp³-hybridized carbons (Fsp3) is 0.300. The number of amides is 1. The van der Waals surface area contributed by atoms with E-state index in [4.69, 9.17) is 18.4 Å². The first-order chi connectivity index (χ1) is 14.1. The van der Waals surface area contributed by atoms with Gasteiger partial charge in [0, 0.05) is 24.7 Å². The highest BCUT2D eigenvalue weighted by Crippen LogP contribution is 2.19. The van der Waals surface area contributed by atoms with E-state index in [0.717, 1.165) is 5.56 Å². The summed E-state index contributed by atoms with van der Waals surface area (Å²) in [4.78, 5) is 30.1. The monoisotopic (exact) mass is 397 g/mol. The van der Waals surface area contributed by atoms with Crippen molar-refractivity contribution in [3.63, 3.8) is 0 Å². The van der Waals surface area contributed by atoms with Crippen LogP contribution in [0.1, 0.15) is 22.0 Å². The molecule has 0 unspecified atom stereocenters.